The zero-order valence-corrected chi connectivity index (χ0v) is 15.3. The van der Waals surface area contributed by atoms with E-state index in [9.17, 15) is 9.59 Å². The van der Waals surface area contributed by atoms with Crippen molar-refractivity contribution in [1.82, 2.24) is 20.5 Å². The maximum atomic E-state index is 12.6. The average Bonchev–Trinajstić information content (AvgIpc) is 2.68. The van der Waals surface area contributed by atoms with Crippen LogP contribution in [0.15, 0.2) is 24.5 Å². The molecule has 1 aromatic heterocycles. The van der Waals surface area contributed by atoms with Crippen LogP contribution < -0.4 is 10.6 Å². The lowest BCUT2D eigenvalue weighted by atomic mass is 9.85. The van der Waals surface area contributed by atoms with Crippen molar-refractivity contribution >= 4 is 23.7 Å². The van der Waals surface area contributed by atoms with Gasteiger partial charge in [-0.2, -0.15) is 11.8 Å². The number of carbonyl (C=O) groups excluding carboxylic acids is 2. The second-order valence-electron chi connectivity index (χ2n) is 6.67. The second-order valence-corrected chi connectivity index (χ2v) is 7.89. The zero-order valence-electron chi connectivity index (χ0n) is 14.4. The topological polar surface area (TPSA) is 74.3 Å². The van der Waals surface area contributed by atoms with E-state index in [1.165, 1.54) is 0 Å². The van der Waals surface area contributed by atoms with E-state index in [0.29, 0.717) is 12.5 Å². The van der Waals surface area contributed by atoms with E-state index in [2.05, 4.69) is 15.6 Å². The number of hydrogen-bond donors (Lipinski definition) is 2. The van der Waals surface area contributed by atoms with Crippen LogP contribution in [0, 0.1) is 5.92 Å². The fourth-order valence-corrected chi connectivity index (χ4v) is 4.35. The van der Waals surface area contributed by atoms with Gasteiger partial charge in [0.15, 0.2) is 0 Å². The first-order valence-corrected chi connectivity index (χ1v) is 10.2. The maximum Gasteiger partial charge on any atom is 0.315 e. The summed E-state index contributed by atoms with van der Waals surface area (Å²) in [7, 11) is 0. The van der Waals surface area contributed by atoms with Gasteiger partial charge in [0.2, 0.25) is 5.91 Å². The van der Waals surface area contributed by atoms with Crippen molar-refractivity contribution in [1.29, 1.82) is 0 Å². The molecule has 0 radical (unpaired) electrons. The van der Waals surface area contributed by atoms with Gasteiger partial charge in [-0.15, -0.1) is 0 Å². The number of amides is 3. The Morgan fingerprint density at radius 3 is 2.48 bits per heavy atom. The number of rotatable bonds is 4. The van der Waals surface area contributed by atoms with Gasteiger partial charge in [-0.3, -0.25) is 9.78 Å². The molecule has 2 fully saturated rings. The van der Waals surface area contributed by atoms with Gasteiger partial charge in [0.25, 0.3) is 0 Å². The fraction of sp³-hybridized carbons (Fsp3) is 0.611. The molecule has 0 unspecified atom stereocenters. The molecule has 1 aliphatic heterocycles. The molecule has 136 valence electrons. The van der Waals surface area contributed by atoms with Crippen LogP contribution >= 0.6 is 11.8 Å². The molecule has 25 heavy (non-hydrogen) atoms. The highest BCUT2D eigenvalue weighted by molar-refractivity contribution is 7.99. The predicted molar refractivity (Wildman–Crippen MR) is 99.3 cm³/mol. The van der Waals surface area contributed by atoms with E-state index in [1.54, 1.807) is 12.4 Å². The predicted octanol–water partition coefficient (Wildman–Crippen LogP) is 2.01. The summed E-state index contributed by atoms with van der Waals surface area (Å²) in [6, 6.07) is 3.80. The molecular formula is C18H26N4O2S. The van der Waals surface area contributed by atoms with Gasteiger partial charge in [0, 0.05) is 55.5 Å². The summed E-state index contributed by atoms with van der Waals surface area (Å²) in [5, 5.41) is 5.91. The molecule has 0 aromatic carbocycles. The second kappa shape index (κ2) is 9.08. The number of hydrogen-bond acceptors (Lipinski definition) is 4. The van der Waals surface area contributed by atoms with Crippen LogP contribution in [0.1, 0.15) is 31.2 Å². The monoisotopic (exact) mass is 362 g/mol. The number of carbonyl (C=O) groups is 2. The summed E-state index contributed by atoms with van der Waals surface area (Å²) < 4.78 is 0. The van der Waals surface area contributed by atoms with Crippen molar-refractivity contribution < 1.29 is 9.59 Å². The van der Waals surface area contributed by atoms with Gasteiger partial charge in [0.05, 0.1) is 0 Å². The average molecular weight is 362 g/mol. The molecule has 6 nitrogen and oxygen atoms in total. The molecule has 0 atom stereocenters. The van der Waals surface area contributed by atoms with Crippen molar-refractivity contribution in [3.63, 3.8) is 0 Å². The van der Waals surface area contributed by atoms with Gasteiger partial charge in [0.1, 0.15) is 0 Å². The standard InChI is InChI=1S/C18H26N4O2S/c23-17(22-9-11-25-12-10-22)15-1-3-16(4-2-15)21-18(24)20-13-14-5-7-19-8-6-14/h5-8,15-16H,1-4,9-13H2,(H2,20,21,24). The molecule has 3 amide bonds. The highest BCUT2D eigenvalue weighted by Crippen LogP contribution is 2.27. The van der Waals surface area contributed by atoms with E-state index in [1.807, 2.05) is 28.8 Å². The number of nitrogens with one attached hydrogen (secondary N) is 2. The highest BCUT2D eigenvalue weighted by atomic mass is 32.2. The summed E-state index contributed by atoms with van der Waals surface area (Å²) in [5.41, 5.74) is 1.03. The molecule has 0 bridgehead atoms. The minimum absolute atomic E-state index is 0.139. The smallest absolute Gasteiger partial charge is 0.315 e. The Hall–Kier alpha value is -1.76. The normalized spacial score (nSPS) is 23.8. The number of thioether (sulfide) groups is 1. The van der Waals surface area contributed by atoms with Crippen molar-refractivity contribution in [2.45, 2.75) is 38.3 Å². The number of pyridine rings is 1. The Morgan fingerprint density at radius 2 is 1.80 bits per heavy atom. The van der Waals surface area contributed by atoms with Crippen LogP contribution in [0.3, 0.4) is 0 Å². The van der Waals surface area contributed by atoms with Crippen LogP contribution in [-0.2, 0) is 11.3 Å². The van der Waals surface area contributed by atoms with Crippen LogP contribution in [0.5, 0.6) is 0 Å². The van der Waals surface area contributed by atoms with E-state index in [0.717, 1.165) is 55.8 Å². The first kappa shape index (κ1) is 18.0. The van der Waals surface area contributed by atoms with E-state index >= 15 is 0 Å². The Morgan fingerprint density at radius 1 is 1.12 bits per heavy atom. The third-order valence-electron chi connectivity index (χ3n) is 4.94. The number of aromatic nitrogens is 1. The van der Waals surface area contributed by atoms with E-state index in [-0.39, 0.29) is 18.0 Å². The molecule has 1 saturated heterocycles. The molecule has 0 spiro atoms. The van der Waals surface area contributed by atoms with Crippen molar-refractivity contribution in [3.05, 3.63) is 30.1 Å². The van der Waals surface area contributed by atoms with E-state index < -0.39 is 0 Å². The lowest BCUT2D eigenvalue weighted by Gasteiger charge is -2.34. The zero-order chi connectivity index (χ0) is 17.5. The Balaban J connectivity index is 1.37. The SMILES string of the molecule is O=C(NCc1ccncc1)NC1CCC(C(=O)N2CCSCC2)CC1. The van der Waals surface area contributed by atoms with Crippen molar-refractivity contribution in [2.75, 3.05) is 24.6 Å². The quantitative estimate of drug-likeness (QED) is 0.859. The first-order chi connectivity index (χ1) is 12.2. The number of urea groups is 1. The van der Waals surface area contributed by atoms with Crippen LogP contribution in [-0.4, -0.2) is 52.5 Å². The molecule has 3 rings (SSSR count). The Kier molecular flexibility index (Phi) is 6.55. The minimum atomic E-state index is -0.139. The molecule has 2 N–H and O–H groups in total. The summed E-state index contributed by atoms with van der Waals surface area (Å²) in [4.78, 5) is 30.6. The van der Waals surface area contributed by atoms with Crippen LogP contribution in [0.2, 0.25) is 0 Å². The van der Waals surface area contributed by atoms with Gasteiger partial charge >= 0.3 is 6.03 Å². The lowest BCUT2D eigenvalue weighted by molar-refractivity contribution is -0.136. The van der Waals surface area contributed by atoms with Gasteiger partial charge in [-0.05, 0) is 43.4 Å². The first-order valence-electron chi connectivity index (χ1n) is 9.02. The van der Waals surface area contributed by atoms with Gasteiger partial charge in [-0.1, -0.05) is 0 Å². The Labute approximate surface area is 153 Å². The van der Waals surface area contributed by atoms with E-state index in [4.69, 9.17) is 0 Å². The maximum absolute atomic E-state index is 12.6. The van der Waals surface area contributed by atoms with Crippen molar-refractivity contribution in [3.8, 4) is 0 Å². The molecule has 1 aliphatic carbocycles. The summed E-state index contributed by atoms with van der Waals surface area (Å²) in [6.45, 7) is 2.27. The molecule has 7 heteroatoms. The van der Waals surface area contributed by atoms with Gasteiger partial charge < -0.3 is 15.5 Å². The molecule has 2 heterocycles. The third kappa shape index (κ3) is 5.36. The highest BCUT2D eigenvalue weighted by Gasteiger charge is 2.30. The molecular weight excluding hydrogens is 336 g/mol. The molecule has 1 saturated carbocycles. The summed E-state index contributed by atoms with van der Waals surface area (Å²) in [5.74, 6) is 2.57. The third-order valence-corrected chi connectivity index (χ3v) is 5.88. The summed E-state index contributed by atoms with van der Waals surface area (Å²) >= 11 is 1.92. The van der Waals surface area contributed by atoms with Crippen LogP contribution in [0.25, 0.3) is 0 Å². The van der Waals surface area contributed by atoms with Crippen LogP contribution in [0.4, 0.5) is 4.79 Å². The Bertz CT molecular complexity index is 570. The largest absolute Gasteiger partial charge is 0.341 e. The minimum Gasteiger partial charge on any atom is -0.341 e. The summed E-state index contributed by atoms with van der Waals surface area (Å²) in [6.07, 6.45) is 6.93. The molecule has 1 aromatic rings. The lowest BCUT2D eigenvalue weighted by Crippen LogP contribution is -2.46. The number of nitrogens with zero attached hydrogens (tertiary/aromatic N) is 2. The van der Waals surface area contributed by atoms with Crippen molar-refractivity contribution in [2.24, 2.45) is 5.92 Å². The van der Waals surface area contributed by atoms with Gasteiger partial charge in [-0.25, -0.2) is 4.79 Å². The fourth-order valence-electron chi connectivity index (χ4n) is 3.45. The molecule has 2 aliphatic rings.